The largest absolute Gasteiger partial charge is 0.504 e. The average Bonchev–Trinajstić information content (AvgIpc) is 2.85. The summed E-state index contributed by atoms with van der Waals surface area (Å²) >= 11 is 0. The molecule has 0 unspecified atom stereocenters. The van der Waals surface area contributed by atoms with Crippen LogP contribution in [0.15, 0.2) is 71.1 Å². The molecule has 1 aliphatic carbocycles. The summed E-state index contributed by atoms with van der Waals surface area (Å²) < 4.78 is 11.3. The van der Waals surface area contributed by atoms with E-state index in [9.17, 15) is 14.7 Å². The summed E-state index contributed by atoms with van der Waals surface area (Å²) in [5.74, 6) is -0.636. The van der Waals surface area contributed by atoms with E-state index >= 15 is 0 Å². The molecule has 3 atom stereocenters. The molecule has 6 nitrogen and oxygen atoms in total. The number of nitrogens with one attached hydrogen (secondary N) is 1. The van der Waals surface area contributed by atoms with Crippen LogP contribution < -0.4 is 10.1 Å². The third-order valence-electron chi connectivity index (χ3n) is 6.82. The van der Waals surface area contributed by atoms with Crippen LogP contribution >= 0.6 is 0 Å². The Morgan fingerprint density at radius 3 is 2.54 bits per heavy atom. The van der Waals surface area contributed by atoms with E-state index in [1.807, 2.05) is 45.9 Å². The number of benzene rings is 2. The van der Waals surface area contributed by atoms with E-state index < -0.39 is 11.9 Å². The number of ketones is 1. The number of phenolic OH excluding ortho intramolecular Hbond substituents is 1. The van der Waals surface area contributed by atoms with Gasteiger partial charge in [-0.25, -0.2) is 4.79 Å². The zero-order chi connectivity index (χ0) is 25.1. The Balaban J connectivity index is 1.81. The monoisotopic (exact) mass is 475 g/mol. The third-order valence-corrected chi connectivity index (χ3v) is 6.82. The molecule has 2 aromatic rings. The zero-order valence-corrected chi connectivity index (χ0v) is 20.8. The summed E-state index contributed by atoms with van der Waals surface area (Å²) in [4.78, 5) is 27.0. The molecule has 0 bridgehead atoms. The Bertz CT molecular complexity index is 1180. The summed E-state index contributed by atoms with van der Waals surface area (Å²) in [7, 11) is 0. The van der Waals surface area contributed by atoms with Gasteiger partial charge in [0.25, 0.3) is 0 Å². The quantitative estimate of drug-likeness (QED) is 0.515. The van der Waals surface area contributed by atoms with Gasteiger partial charge in [-0.15, -0.1) is 0 Å². The maximum Gasteiger partial charge on any atom is 0.337 e. The normalized spacial score (nSPS) is 20.7. The predicted molar refractivity (Wildman–Crippen MR) is 134 cm³/mol. The highest BCUT2D eigenvalue weighted by Gasteiger charge is 2.41. The second kappa shape index (κ2) is 10.4. The van der Waals surface area contributed by atoms with E-state index in [2.05, 4.69) is 17.4 Å². The number of phenols is 1. The van der Waals surface area contributed by atoms with Crippen LogP contribution in [0.25, 0.3) is 0 Å². The molecule has 2 N–H and O–H groups in total. The van der Waals surface area contributed by atoms with Crippen molar-refractivity contribution in [2.24, 2.45) is 0 Å². The number of hydrogen-bond acceptors (Lipinski definition) is 6. The van der Waals surface area contributed by atoms with Crippen molar-refractivity contribution in [3.05, 3.63) is 82.2 Å². The summed E-state index contributed by atoms with van der Waals surface area (Å²) in [6.07, 6.45) is 1.48. The molecule has 2 aromatic carbocycles. The Morgan fingerprint density at radius 2 is 1.86 bits per heavy atom. The first-order valence-corrected chi connectivity index (χ1v) is 12.3. The summed E-state index contributed by atoms with van der Waals surface area (Å²) in [5.41, 5.74) is 4.36. The number of ether oxygens (including phenoxy) is 2. The molecule has 0 saturated heterocycles. The molecule has 0 amide bonds. The molecule has 2 aliphatic rings. The lowest BCUT2D eigenvalue weighted by Gasteiger charge is -2.37. The molecule has 1 heterocycles. The summed E-state index contributed by atoms with van der Waals surface area (Å²) in [6, 6.07) is 15.1. The minimum absolute atomic E-state index is 0.00461. The number of carbonyl (C=O) groups is 2. The molecule has 6 heteroatoms. The maximum absolute atomic E-state index is 13.7. The van der Waals surface area contributed by atoms with E-state index in [-0.39, 0.29) is 23.6 Å². The number of hydrogen-bond donors (Lipinski definition) is 2. The van der Waals surface area contributed by atoms with Crippen molar-refractivity contribution < 1.29 is 24.2 Å². The van der Waals surface area contributed by atoms with Gasteiger partial charge < -0.3 is 19.9 Å². The number of Topliss-reactive ketones (excluding diaryl/α,β-unsaturated/α-hetero) is 1. The number of carbonyl (C=O) groups excluding carboxylic acids is 2. The molecule has 0 spiro atoms. The highest BCUT2D eigenvalue weighted by molar-refractivity contribution is 6.04. The maximum atomic E-state index is 13.7. The van der Waals surface area contributed by atoms with Crippen LogP contribution in [0.4, 0.5) is 0 Å². The van der Waals surface area contributed by atoms with E-state index in [0.29, 0.717) is 54.0 Å². The van der Waals surface area contributed by atoms with Crippen molar-refractivity contribution in [3.63, 3.8) is 0 Å². The van der Waals surface area contributed by atoms with Crippen molar-refractivity contribution >= 4 is 11.8 Å². The van der Waals surface area contributed by atoms with Gasteiger partial charge in [-0.2, -0.15) is 0 Å². The number of allylic oxidation sites excluding steroid dienone is 3. The van der Waals surface area contributed by atoms with Gasteiger partial charge in [0, 0.05) is 29.3 Å². The Hall–Kier alpha value is -3.54. The predicted octanol–water partition coefficient (Wildman–Crippen LogP) is 5.49. The molecular formula is C29H33NO5. The second-order valence-corrected chi connectivity index (χ2v) is 9.21. The lowest BCUT2D eigenvalue weighted by molar-refractivity contribution is -0.144. The topological polar surface area (TPSA) is 84.9 Å². The smallest absolute Gasteiger partial charge is 0.337 e. The SMILES string of the molecule is CCOc1cc([C@@H]2C(C(=O)O[C@H](C)CC)=C(C)NC3=C2C(=O)C[C@H](c2ccccc2)C3)ccc1O. The van der Waals surface area contributed by atoms with Crippen LogP contribution in [0.1, 0.15) is 69.9 Å². The van der Waals surface area contributed by atoms with Crippen molar-refractivity contribution in [1.82, 2.24) is 5.32 Å². The lowest BCUT2D eigenvalue weighted by atomic mass is 9.71. The van der Waals surface area contributed by atoms with Crippen LogP contribution in [-0.2, 0) is 14.3 Å². The summed E-state index contributed by atoms with van der Waals surface area (Å²) in [5, 5.41) is 13.6. The van der Waals surface area contributed by atoms with E-state index in [4.69, 9.17) is 9.47 Å². The standard InChI is InChI=1S/C29H33NO5/c1-5-17(3)35-29(33)26-18(4)30-22-14-21(19-10-8-7-9-11-19)15-24(32)28(22)27(26)20-12-13-23(31)25(16-20)34-6-2/h7-13,16-17,21,27,30-31H,5-6,14-15H2,1-4H3/t17-,21-,27-/m1/s1. The number of dihydropyridines is 1. The molecule has 35 heavy (non-hydrogen) atoms. The van der Waals surface area contributed by atoms with Gasteiger partial charge in [-0.1, -0.05) is 43.3 Å². The van der Waals surface area contributed by atoms with Crippen LogP contribution in [0.5, 0.6) is 11.5 Å². The van der Waals surface area contributed by atoms with Gasteiger partial charge in [-0.05, 0) is 62.8 Å². The van der Waals surface area contributed by atoms with Gasteiger partial charge in [0.05, 0.1) is 18.3 Å². The fourth-order valence-corrected chi connectivity index (χ4v) is 4.91. The molecule has 0 saturated carbocycles. The number of rotatable bonds is 7. The molecule has 184 valence electrons. The fraction of sp³-hybridized carbons (Fsp3) is 0.379. The minimum Gasteiger partial charge on any atom is -0.504 e. The van der Waals surface area contributed by atoms with Gasteiger partial charge in [0.15, 0.2) is 17.3 Å². The van der Waals surface area contributed by atoms with Gasteiger partial charge in [-0.3, -0.25) is 4.79 Å². The summed E-state index contributed by atoms with van der Waals surface area (Å²) in [6.45, 7) is 7.88. The zero-order valence-electron chi connectivity index (χ0n) is 20.8. The first kappa shape index (κ1) is 24.6. The Labute approximate surface area is 206 Å². The molecule has 4 rings (SSSR count). The highest BCUT2D eigenvalue weighted by Crippen LogP contribution is 2.47. The molecule has 1 aliphatic heterocycles. The third kappa shape index (κ3) is 4.97. The van der Waals surface area contributed by atoms with E-state index in [1.54, 1.807) is 18.2 Å². The number of esters is 1. The average molecular weight is 476 g/mol. The van der Waals surface area contributed by atoms with Crippen molar-refractivity contribution in [2.75, 3.05) is 6.61 Å². The van der Waals surface area contributed by atoms with Crippen LogP contribution in [0.3, 0.4) is 0 Å². The fourth-order valence-electron chi connectivity index (χ4n) is 4.91. The Morgan fingerprint density at radius 1 is 1.11 bits per heavy atom. The highest BCUT2D eigenvalue weighted by atomic mass is 16.5. The van der Waals surface area contributed by atoms with Crippen molar-refractivity contribution in [3.8, 4) is 11.5 Å². The van der Waals surface area contributed by atoms with Crippen LogP contribution in [-0.4, -0.2) is 29.6 Å². The molecule has 0 aromatic heterocycles. The van der Waals surface area contributed by atoms with Gasteiger partial charge in [0.1, 0.15) is 0 Å². The van der Waals surface area contributed by atoms with Crippen LogP contribution in [0, 0.1) is 0 Å². The molecule has 0 fully saturated rings. The van der Waals surface area contributed by atoms with Crippen molar-refractivity contribution in [2.45, 2.75) is 64.9 Å². The van der Waals surface area contributed by atoms with Gasteiger partial charge >= 0.3 is 5.97 Å². The Kier molecular flexibility index (Phi) is 7.29. The molecular weight excluding hydrogens is 442 g/mol. The number of aromatic hydroxyl groups is 1. The van der Waals surface area contributed by atoms with E-state index in [1.165, 1.54) is 0 Å². The lowest BCUT2D eigenvalue weighted by Crippen LogP contribution is -2.36. The van der Waals surface area contributed by atoms with Crippen LogP contribution in [0.2, 0.25) is 0 Å². The van der Waals surface area contributed by atoms with Crippen molar-refractivity contribution in [1.29, 1.82) is 0 Å². The second-order valence-electron chi connectivity index (χ2n) is 9.21. The van der Waals surface area contributed by atoms with Gasteiger partial charge in [0.2, 0.25) is 0 Å². The minimum atomic E-state index is -0.605. The first-order chi connectivity index (χ1) is 16.8. The first-order valence-electron chi connectivity index (χ1n) is 12.3. The van der Waals surface area contributed by atoms with E-state index in [0.717, 1.165) is 11.3 Å². The molecule has 0 radical (unpaired) electrons.